The first-order valence-electron chi connectivity index (χ1n) is 6.44. The fourth-order valence-corrected chi connectivity index (χ4v) is 1.44. The van der Waals surface area contributed by atoms with Crippen molar-refractivity contribution in [2.24, 2.45) is 0 Å². The lowest BCUT2D eigenvalue weighted by molar-refractivity contribution is 0.368. The largest absolute Gasteiger partial charge is 0.673 e. The van der Waals surface area contributed by atoms with Crippen LogP contribution in [0.1, 0.15) is 58.6 Å². The first-order valence-corrected chi connectivity index (χ1v) is 6.44. The smallest absolute Gasteiger partial charge is 0.418 e. The average molecular weight is 294 g/mol. The number of aryl methyl sites for hydroxylation is 1. The molecule has 116 valence electrons. The third-order valence-corrected chi connectivity index (χ3v) is 2.52. The summed E-state index contributed by atoms with van der Waals surface area (Å²) < 4.78 is 44.8. The predicted molar refractivity (Wildman–Crippen MR) is 75.4 cm³/mol. The Hall–Kier alpha value is -1.07. The molecule has 20 heavy (non-hydrogen) atoms. The maximum absolute atomic E-state index is 9.75. The molecular weight excluding hydrogens is 271 g/mol. The molecule has 0 unspecified atom stereocenters. The molecule has 6 heteroatoms. The van der Waals surface area contributed by atoms with E-state index in [-0.39, 0.29) is 10.8 Å². The molecule has 1 aromatic heterocycles. The second-order valence-electron chi connectivity index (χ2n) is 6.82. The van der Waals surface area contributed by atoms with Gasteiger partial charge in [0.15, 0.2) is 0 Å². The summed E-state index contributed by atoms with van der Waals surface area (Å²) in [6.45, 7) is 15.2. The quantitative estimate of drug-likeness (QED) is 0.336. The van der Waals surface area contributed by atoms with E-state index in [1.54, 1.807) is 0 Å². The Morgan fingerprint density at radius 1 is 0.850 bits per heavy atom. The van der Waals surface area contributed by atoms with E-state index in [4.69, 9.17) is 4.42 Å². The zero-order chi connectivity index (χ0) is 16.4. The summed E-state index contributed by atoms with van der Waals surface area (Å²) in [5.74, 6) is 2.06. The molecule has 0 aliphatic heterocycles. The Morgan fingerprint density at radius 2 is 1.25 bits per heavy atom. The van der Waals surface area contributed by atoms with E-state index in [1.165, 1.54) is 5.56 Å². The molecule has 1 heterocycles. The molecule has 0 atom stereocenters. The van der Waals surface area contributed by atoms with E-state index < -0.39 is 7.25 Å². The SMILES string of the molecule is Cc1cc(C(C)(C)C)cc(C(C)(C)C)[o+]1.F[B-](F)(F)F. The first kappa shape index (κ1) is 18.9. The lowest BCUT2D eigenvalue weighted by atomic mass is 9.84. The highest BCUT2D eigenvalue weighted by Gasteiger charge is 2.29. The van der Waals surface area contributed by atoms with Crippen molar-refractivity contribution in [2.45, 2.75) is 59.3 Å². The summed E-state index contributed by atoms with van der Waals surface area (Å²) in [7, 11) is -6.00. The minimum atomic E-state index is -6.00. The lowest BCUT2D eigenvalue weighted by Gasteiger charge is -2.19. The Bertz CT molecular complexity index is 404. The van der Waals surface area contributed by atoms with Gasteiger partial charge in [-0.3, -0.25) is 0 Å². The summed E-state index contributed by atoms with van der Waals surface area (Å²) in [6, 6.07) is 4.32. The first-order chi connectivity index (χ1) is 8.60. The second-order valence-corrected chi connectivity index (χ2v) is 6.82. The minimum absolute atomic E-state index is 0.0754. The van der Waals surface area contributed by atoms with Gasteiger partial charge in [0.1, 0.15) is 0 Å². The topological polar surface area (TPSA) is 11.3 Å². The van der Waals surface area contributed by atoms with Gasteiger partial charge in [-0.15, -0.1) is 0 Å². The van der Waals surface area contributed by atoms with Gasteiger partial charge in [0.2, 0.25) is 0 Å². The van der Waals surface area contributed by atoms with Crippen molar-refractivity contribution in [2.75, 3.05) is 0 Å². The van der Waals surface area contributed by atoms with Gasteiger partial charge >= 0.3 is 18.8 Å². The van der Waals surface area contributed by atoms with Crippen molar-refractivity contribution in [3.8, 4) is 0 Å². The Kier molecular flexibility index (Phi) is 5.82. The van der Waals surface area contributed by atoms with Crippen LogP contribution in [0.4, 0.5) is 17.3 Å². The van der Waals surface area contributed by atoms with Crippen LogP contribution in [0, 0.1) is 6.92 Å². The number of halogens is 4. The summed E-state index contributed by atoms with van der Waals surface area (Å²) in [6.07, 6.45) is 0. The fraction of sp³-hybridized carbons (Fsp3) is 0.643. The third-order valence-electron chi connectivity index (χ3n) is 2.52. The van der Waals surface area contributed by atoms with Crippen molar-refractivity contribution < 1.29 is 21.7 Å². The summed E-state index contributed by atoms with van der Waals surface area (Å²) in [5, 5.41) is 0. The standard InChI is InChI=1S/C14H23O.BF4/c1-10-8-11(13(2,3)4)9-12(15-10)14(5,6)7;2-1(3,4)5/h8-9H,1-7H3;/q+1;-1. The third kappa shape index (κ3) is 8.18. The molecule has 0 radical (unpaired) electrons. The van der Waals surface area contributed by atoms with Crippen LogP contribution in [0.25, 0.3) is 0 Å². The Morgan fingerprint density at radius 3 is 1.55 bits per heavy atom. The molecule has 0 saturated heterocycles. The molecule has 0 spiro atoms. The monoisotopic (exact) mass is 294 g/mol. The van der Waals surface area contributed by atoms with Gasteiger partial charge in [0, 0.05) is 12.1 Å². The number of hydrogen-bond donors (Lipinski definition) is 0. The van der Waals surface area contributed by atoms with Crippen LogP contribution in [0.15, 0.2) is 16.5 Å². The average Bonchev–Trinajstić information content (AvgIpc) is 2.10. The van der Waals surface area contributed by atoms with Gasteiger partial charge in [-0.2, -0.15) is 0 Å². The highest BCUT2D eigenvalue weighted by atomic mass is 19.5. The van der Waals surface area contributed by atoms with Crippen molar-refractivity contribution in [1.29, 1.82) is 0 Å². The van der Waals surface area contributed by atoms with E-state index in [0.29, 0.717) is 0 Å². The van der Waals surface area contributed by atoms with Crippen LogP contribution in [0.5, 0.6) is 0 Å². The molecule has 0 saturated carbocycles. The van der Waals surface area contributed by atoms with E-state index in [1.807, 2.05) is 6.92 Å². The molecule has 0 aliphatic rings. The van der Waals surface area contributed by atoms with Gasteiger partial charge in [-0.25, -0.2) is 4.42 Å². The second kappa shape index (κ2) is 6.14. The number of hydrogen-bond acceptors (Lipinski definition) is 0. The molecule has 0 aliphatic carbocycles. The summed E-state index contributed by atoms with van der Waals surface area (Å²) in [4.78, 5) is 0. The molecule has 0 N–H and O–H groups in total. The van der Waals surface area contributed by atoms with Crippen molar-refractivity contribution in [3.63, 3.8) is 0 Å². The summed E-state index contributed by atoms with van der Waals surface area (Å²) >= 11 is 0. The van der Waals surface area contributed by atoms with E-state index in [2.05, 4.69) is 53.7 Å². The molecule has 1 rings (SSSR count). The highest BCUT2D eigenvalue weighted by Crippen LogP contribution is 2.29. The van der Waals surface area contributed by atoms with Crippen LogP contribution in [-0.2, 0) is 10.8 Å². The van der Waals surface area contributed by atoms with Gasteiger partial charge in [-0.05, 0) is 31.7 Å². The molecule has 0 fully saturated rings. The van der Waals surface area contributed by atoms with Crippen molar-refractivity contribution in [3.05, 3.63) is 29.2 Å². The summed E-state index contributed by atoms with van der Waals surface area (Å²) in [5.41, 5.74) is 1.60. The molecular formula is C14H23BF4O. The maximum Gasteiger partial charge on any atom is 0.673 e. The van der Waals surface area contributed by atoms with Crippen molar-refractivity contribution >= 4 is 7.25 Å². The van der Waals surface area contributed by atoms with Crippen LogP contribution in [0.2, 0.25) is 0 Å². The normalized spacial score (nSPS) is 12.8. The lowest BCUT2D eigenvalue weighted by Crippen LogP contribution is -2.16. The van der Waals surface area contributed by atoms with Gasteiger partial charge in [0.05, 0.1) is 12.3 Å². The molecule has 0 bridgehead atoms. The molecule has 0 amide bonds. The van der Waals surface area contributed by atoms with E-state index in [9.17, 15) is 17.3 Å². The Labute approximate surface area is 118 Å². The van der Waals surface area contributed by atoms with Crippen LogP contribution >= 0.6 is 0 Å². The predicted octanol–water partition coefficient (Wildman–Crippen LogP) is 5.76. The number of rotatable bonds is 0. The zero-order valence-electron chi connectivity index (χ0n) is 13.2. The van der Waals surface area contributed by atoms with Crippen LogP contribution in [-0.4, -0.2) is 7.25 Å². The molecule has 1 aromatic rings. The van der Waals surface area contributed by atoms with E-state index in [0.717, 1.165) is 11.5 Å². The fourth-order valence-electron chi connectivity index (χ4n) is 1.44. The minimum Gasteiger partial charge on any atom is -0.418 e. The van der Waals surface area contributed by atoms with Crippen LogP contribution < -0.4 is 0 Å². The van der Waals surface area contributed by atoms with Gasteiger partial charge in [0.25, 0.3) is 0 Å². The maximum atomic E-state index is 9.75. The van der Waals surface area contributed by atoms with Gasteiger partial charge in [-0.1, -0.05) is 20.8 Å². The molecule has 0 aromatic carbocycles. The highest BCUT2D eigenvalue weighted by molar-refractivity contribution is 6.50. The van der Waals surface area contributed by atoms with E-state index >= 15 is 0 Å². The van der Waals surface area contributed by atoms with Gasteiger partial charge < -0.3 is 17.3 Å². The molecule has 1 nitrogen and oxygen atoms in total. The van der Waals surface area contributed by atoms with Crippen molar-refractivity contribution in [1.82, 2.24) is 0 Å². The van der Waals surface area contributed by atoms with Crippen LogP contribution in [0.3, 0.4) is 0 Å². The Balaban J connectivity index is 0.000000621. The zero-order valence-corrected chi connectivity index (χ0v) is 13.2.